The molecule has 0 bridgehead atoms. The minimum absolute atomic E-state index is 0.124. The number of halogens is 1. The Hall–Kier alpha value is -2.58. The summed E-state index contributed by atoms with van der Waals surface area (Å²) in [7, 11) is -3.56. The Labute approximate surface area is 214 Å². The topological polar surface area (TPSA) is 86.8 Å². The van der Waals surface area contributed by atoms with Gasteiger partial charge in [0.25, 0.3) is 0 Å². The van der Waals surface area contributed by atoms with E-state index in [0.717, 1.165) is 18.2 Å². The number of rotatable bonds is 14. The number of amides is 2. The van der Waals surface area contributed by atoms with E-state index in [9.17, 15) is 18.0 Å². The van der Waals surface area contributed by atoms with Gasteiger partial charge in [0.05, 0.1) is 11.9 Å². The van der Waals surface area contributed by atoms with Crippen LogP contribution in [0.4, 0.5) is 5.69 Å². The van der Waals surface area contributed by atoms with Crippen LogP contribution in [0, 0.1) is 0 Å². The van der Waals surface area contributed by atoms with Crippen LogP contribution in [0.5, 0.6) is 0 Å². The maximum absolute atomic E-state index is 13.3. The first-order chi connectivity index (χ1) is 16.7. The third-order valence-corrected chi connectivity index (χ3v) is 7.10. The lowest BCUT2D eigenvalue weighted by atomic mass is 10.1. The molecule has 192 valence electrons. The molecular formula is C26H36ClN3O4S. The van der Waals surface area contributed by atoms with Crippen molar-refractivity contribution in [3.05, 3.63) is 65.2 Å². The molecule has 2 amide bonds. The zero-order valence-electron chi connectivity index (χ0n) is 20.7. The number of anilines is 1. The fourth-order valence-corrected chi connectivity index (χ4v) is 5.04. The van der Waals surface area contributed by atoms with E-state index >= 15 is 0 Å². The van der Waals surface area contributed by atoms with Crippen molar-refractivity contribution in [1.82, 2.24) is 10.2 Å². The number of hydrogen-bond acceptors (Lipinski definition) is 4. The number of hydrogen-bond donors (Lipinski definition) is 1. The van der Waals surface area contributed by atoms with Gasteiger partial charge in [0, 0.05) is 31.1 Å². The quantitative estimate of drug-likeness (QED) is 0.402. The Kier molecular flexibility index (Phi) is 11.5. The summed E-state index contributed by atoms with van der Waals surface area (Å²) in [5, 5.41) is 3.34. The summed E-state index contributed by atoms with van der Waals surface area (Å²) in [6.07, 6.45) is 3.50. The number of carbonyl (C=O) groups is 2. The van der Waals surface area contributed by atoms with Crippen LogP contribution in [0.25, 0.3) is 0 Å². The van der Waals surface area contributed by atoms with Crippen molar-refractivity contribution in [2.24, 2.45) is 0 Å². The van der Waals surface area contributed by atoms with Crippen LogP contribution >= 0.6 is 11.6 Å². The van der Waals surface area contributed by atoms with Crippen molar-refractivity contribution in [3.63, 3.8) is 0 Å². The normalized spacial score (nSPS) is 12.1. The molecule has 0 saturated carbocycles. The Morgan fingerprint density at radius 3 is 2.34 bits per heavy atom. The molecule has 9 heteroatoms. The predicted molar refractivity (Wildman–Crippen MR) is 142 cm³/mol. The van der Waals surface area contributed by atoms with Crippen LogP contribution in [-0.2, 0) is 26.0 Å². The van der Waals surface area contributed by atoms with Crippen LogP contribution in [0.1, 0.15) is 45.1 Å². The predicted octanol–water partition coefficient (Wildman–Crippen LogP) is 4.26. The molecule has 2 aromatic rings. The SMILES string of the molecule is CCCNC(=O)[C@@H](CC)N(CCc1ccccc1)C(=O)CCCN(c1cccc(Cl)c1)S(C)(=O)=O. The lowest BCUT2D eigenvalue weighted by Crippen LogP contribution is -2.50. The molecule has 0 heterocycles. The smallest absolute Gasteiger partial charge is 0.242 e. The van der Waals surface area contributed by atoms with Crippen molar-refractivity contribution in [2.75, 3.05) is 30.2 Å². The number of nitrogens with one attached hydrogen (secondary N) is 1. The zero-order valence-corrected chi connectivity index (χ0v) is 22.3. The number of sulfonamides is 1. The van der Waals surface area contributed by atoms with Crippen molar-refractivity contribution >= 4 is 39.1 Å². The molecule has 2 aromatic carbocycles. The van der Waals surface area contributed by atoms with E-state index < -0.39 is 16.1 Å². The molecule has 0 aliphatic heterocycles. The molecule has 7 nitrogen and oxygen atoms in total. The van der Waals surface area contributed by atoms with E-state index in [4.69, 9.17) is 11.6 Å². The van der Waals surface area contributed by atoms with Gasteiger partial charge in [-0.3, -0.25) is 13.9 Å². The lowest BCUT2D eigenvalue weighted by Gasteiger charge is -2.31. The molecule has 0 unspecified atom stereocenters. The Morgan fingerprint density at radius 1 is 1.03 bits per heavy atom. The molecule has 0 radical (unpaired) electrons. The highest BCUT2D eigenvalue weighted by atomic mass is 35.5. The van der Waals surface area contributed by atoms with Gasteiger partial charge in [-0.1, -0.05) is 61.8 Å². The molecule has 0 saturated heterocycles. The summed E-state index contributed by atoms with van der Waals surface area (Å²) in [6.45, 7) is 4.97. The molecule has 0 aliphatic rings. The highest BCUT2D eigenvalue weighted by Crippen LogP contribution is 2.22. The van der Waals surface area contributed by atoms with Gasteiger partial charge in [-0.05, 0) is 49.4 Å². The maximum atomic E-state index is 13.3. The Morgan fingerprint density at radius 2 is 1.74 bits per heavy atom. The van der Waals surface area contributed by atoms with E-state index in [-0.39, 0.29) is 24.8 Å². The molecule has 0 fully saturated rings. The minimum Gasteiger partial charge on any atom is -0.354 e. The van der Waals surface area contributed by atoms with Gasteiger partial charge in [-0.25, -0.2) is 8.42 Å². The molecular weight excluding hydrogens is 486 g/mol. The second kappa shape index (κ2) is 14.1. The van der Waals surface area contributed by atoms with E-state index in [1.54, 1.807) is 29.2 Å². The third kappa shape index (κ3) is 9.18. The molecule has 1 atom stereocenters. The summed E-state index contributed by atoms with van der Waals surface area (Å²) < 4.78 is 26.0. The van der Waals surface area contributed by atoms with Gasteiger partial charge in [0.2, 0.25) is 21.8 Å². The van der Waals surface area contributed by atoms with E-state index in [0.29, 0.717) is 43.1 Å². The fraction of sp³-hybridized carbons (Fsp3) is 0.462. The van der Waals surface area contributed by atoms with Gasteiger partial charge in [-0.2, -0.15) is 0 Å². The van der Waals surface area contributed by atoms with Crippen LogP contribution in [0.15, 0.2) is 54.6 Å². The number of carbonyl (C=O) groups excluding carboxylic acids is 2. The van der Waals surface area contributed by atoms with Crippen molar-refractivity contribution in [3.8, 4) is 0 Å². The largest absolute Gasteiger partial charge is 0.354 e. The first-order valence-electron chi connectivity index (χ1n) is 12.0. The summed E-state index contributed by atoms with van der Waals surface area (Å²) in [5.74, 6) is -0.327. The van der Waals surface area contributed by atoms with Gasteiger partial charge in [0.1, 0.15) is 6.04 Å². The van der Waals surface area contributed by atoms with Crippen LogP contribution < -0.4 is 9.62 Å². The third-order valence-electron chi connectivity index (χ3n) is 5.67. The zero-order chi connectivity index (χ0) is 25.8. The standard InChI is InChI=1S/C26H36ClN3O4S/c1-4-17-28-26(32)24(5-2)29(19-16-21-11-7-6-8-12-21)25(31)15-10-18-30(35(3,33)34)23-14-9-13-22(27)20-23/h6-9,11-14,20,24H,4-5,10,15-19H2,1-3H3,(H,28,32)/t24-/m1/s1. The highest BCUT2D eigenvalue weighted by molar-refractivity contribution is 7.92. The van der Waals surface area contributed by atoms with Gasteiger partial charge in [-0.15, -0.1) is 0 Å². The fourth-order valence-electron chi connectivity index (χ4n) is 3.90. The van der Waals surface area contributed by atoms with Crippen LogP contribution in [-0.4, -0.2) is 57.1 Å². The number of nitrogens with zero attached hydrogens (tertiary/aromatic N) is 2. The minimum atomic E-state index is -3.56. The average molecular weight is 522 g/mol. The second-order valence-electron chi connectivity index (χ2n) is 8.46. The Balaban J connectivity index is 2.14. The van der Waals surface area contributed by atoms with Crippen molar-refractivity contribution < 1.29 is 18.0 Å². The molecule has 35 heavy (non-hydrogen) atoms. The summed E-state index contributed by atoms with van der Waals surface area (Å²) >= 11 is 6.05. The van der Waals surface area contributed by atoms with Gasteiger partial charge >= 0.3 is 0 Å². The molecule has 0 aliphatic carbocycles. The van der Waals surface area contributed by atoms with Gasteiger partial charge in [0.15, 0.2) is 0 Å². The monoisotopic (exact) mass is 521 g/mol. The van der Waals surface area contributed by atoms with Crippen LogP contribution in [0.3, 0.4) is 0 Å². The highest BCUT2D eigenvalue weighted by Gasteiger charge is 2.28. The average Bonchev–Trinajstić information content (AvgIpc) is 2.82. The molecule has 1 N–H and O–H groups in total. The first-order valence-corrected chi connectivity index (χ1v) is 14.2. The van der Waals surface area contributed by atoms with Crippen LogP contribution in [0.2, 0.25) is 5.02 Å². The first kappa shape index (κ1) is 28.7. The maximum Gasteiger partial charge on any atom is 0.242 e. The lowest BCUT2D eigenvalue weighted by molar-refractivity contribution is -0.140. The summed E-state index contributed by atoms with van der Waals surface area (Å²) in [5.41, 5.74) is 1.54. The van der Waals surface area contributed by atoms with Crippen molar-refractivity contribution in [1.29, 1.82) is 0 Å². The molecule has 2 rings (SSSR count). The van der Waals surface area contributed by atoms with Crippen molar-refractivity contribution in [2.45, 2.75) is 52.0 Å². The second-order valence-corrected chi connectivity index (χ2v) is 10.8. The van der Waals surface area contributed by atoms with E-state index in [1.165, 1.54) is 4.31 Å². The summed E-state index contributed by atoms with van der Waals surface area (Å²) in [4.78, 5) is 27.8. The van der Waals surface area contributed by atoms with E-state index in [2.05, 4.69) is 5.32 Å². The molecule has 0 aromatic heterocycles. The van der Waals surface area contributed by atoms with E-state index in [1.807, 2.05) is 44.2 Å². The number of benzene rings is 2. The summed E-state index contributed by atoms with van der Waals surface area (Å²) in [6, 6.07) is 15.9. The Bertz CT molecular complexity index is 1060. The van der Waals surface area contributed by atoms with Gasteiger partial charge < -0.3 is 10.2 Å². The molecule has 0 spiro atoms.